The summed E-state index contributed by atoms with van der Waals surface area (Å²) in [7, 11) is 1.68. The van der Waals surface area contributed by atoms with Gasteiger partial charge in [-0.25, -0.2) is 9.79 Å². The third-order valence-electron chi connectivity index (χ3n) is 5.12. The van der Waals surface area contributed by atoms with Gasteiger partial charge in [-0.05, 0) is 13.3 Å². The van der Waals surface area contributed by atoms with E-state index in [-0.39, 0.29) is 5.91 Å². The van der Waals surface area contributed by atoms with Crippen LogP contribution in [0.2, 0.25) is 0 Å². The van der Waals surface area contributed by atoms with Crippen molar-refractivity contribution in [2.24, 2.45) is 4.99 Å². The predicted octanol–water partition coefficient (Wildman–Crippen LogP) is 4.55. The van der Waals surface area contributed by atoms with Crippen molar-refractivity contribution in [3.63, 3.8) is 0 Å². The van der Waals surface area contributed by atoms with Crippen LogP contribution in [-0.2, 0) is 4.79 Å². The summed E-state index contributed by atoms with van der Waals surface area (Å²) in [6.07, 6.45) is 11.7. The number of thioether (sulfide) groups is 1. The van der Waals surface area contributed by atoms with Crippen LogP contribution in [0, 0.1) is 0 Å². The number of carbonyl (C=O) groups excluding carboxylic acids is 2. The molecule has 8 heteroatoms. The molecule has 2 atom stereocenters. The van der Waals surface area contributed by atoms with Gasteiger partial charge in [0.05, 0.1) is 0 Å². The first-order chi connectivity index (χ1) is 13.5. The highest BCUT2D eigenvalue weighted by Crippen LogP contribution is 2.29. The summed E-state index contributed by atoms with van der Waals surface area (Å²) in [5, 5.41) is 3.91. The highest BCUT2D eigenvalue weighted by Gasteiger charge is 2.48. The first kappa shape index (κ1) is 23.1. The summed E-state index contributed by atoms with van der Waals surface area (Å²) in [6, 6.07) is -0.885. The number of nitrogens with one attached hydrogen (secondary N) is 1. The fourth-order valence-corrected chi connectivity index (χ4v) is 4.57. The molecule has 2 unspecified atom stereocenters. The Morgan fingerprint density at radius 2 is 1.82 bits per heavy atom. The van der Waals surface area contributed by atoms with Gasteiger partial charge in [-0.15, -0.1) is 0 Å². The molecule has 158 valence electrons. The number of likely N-dealkylation sites (N-methyl/N-ethyl adjacent to an activating group) is 1. The molecular weight excluding hydrogens is 396 g/mol. The van der Waals surface area contributed by atoms with Gasteiger partial charge in [0, 0.05) is 24.4 Å². The van der Waals surface area contributed by atoms with E-state index in [1.807, 2.05) is 17.9 Å². The molecule has 0 aliphatic carbocycles. The van der Waals surface area contributed by atoms with Crippen molar-refractivity contribution in [3.8, 4) is 0 Å². The van der Waals surface area contributed by atoms with E-state index in [9.17, 15) is 9.59 Å². The number of aliphatic imine (C=N–C) groups is 1. The van der Waals surface area contributed by atoms with Crippen molar-refractivity contribution >= 4 is 40.5 Å². The van der Waals surface area contributed by atoms with Gasteiger partial charge in [-0.2, -0.15) is 0 Å². The van der Waals surface area contributed by atoms with Gasteiger partial charge in [0.2, 0.25) is 0 Å². The van der Waals surface area contributed by atoms with Crippen LogP contribution >= 0.6 is 23.4 Å². The Labute approximate surface area is 178 Å². The van der Waals surface area contributed by atoms with Crippen LogP contribution in [-0.4, -0.2) is 58.5 Å². The number of hydrogen-bond acceptors (Lipinski definition) is 5. The van der Waals surface area contributed by atoms with Gasteiger partial charge in [-0.3, -0.25) is 10.1 Å². The zero-order valence-corrected chi connectivity index (χ0v) is 18.8. The van der Waals surface area contributed by atoms with Crippen LogP contribution in [0.4, 0.5) is 4.79 Å². The van der Waals surface area contributed by atoms with E-state index >= 15 is 0 Å². The van der Waals surface area contributed by atoms with Gasteiger partial charge >= 0.3 is 6.03 Å². The van der Waals surface area contributed by atoms with E-state index < -0.39 is 18.2 Å². The monoisotopic (exact) mass is 428 g/mol. The Bertz CT molecular complexity index is 607. The fourth-order valence-electron chi connectivity index (χ4n) is 3.44. The molecule has 2 aliphatic heterocycles. The summed E-state index contributed by atoms with van der Waals surface area (Å²) >= 11 is 7.67. The molecule has 0 spiro atoms. The first-order valence-corrected chi connectivity index (χ1v) is 11.7. The molecule has 2 aliphatic rings. The minimum absolute atomic E-state index is 0.292. The van der Waals surface area contributed by atoms with Gasteiger partial charge in [0.25, 0.3) is 5.91 Å². The number of amides is 3. The lowest BCUT2D eigenvalue weighted by molar-refractivity contribution is -0.126. The molecule has 28 heavy (non-hydrogen) atoms. The zero-order chi connectivity index (χ0) is 20.5. The fraction of sp³-hybridized carbons (Fsp3) is 0.750. The number of allylic oxidation sites excluding steroid dienone is 1. The Kier molecular flexibility index (Phi) is 9.65. The minimum atomic E-state index is -0.490. The van der Waals surface area contributed by atoms with Crippen LogP contribution in [0.3, 0.4) is 0 Å². The van der Waals surface area contributed by atoms with E-state index in [0.29, 0.717) is 11.6 Å². The van der Waals surface area contributed by atoms with E-state index in [2.05, 4.69) is 12.2 Å². The quantitative estimate of drug-likeness (QED) is 0.490. The van der Waals surface area contributed by atoms with Crippen molar-refractivity contribution < 1.29 is 9.59 Å². The Hall–Kier alpha value is -1.21. The van der Waals surface area contributed by atoms with E-state index in [1.165, 1.54) is 49.8 Å². The minimum Gasteiger partial charge on any atom is -0.332 e. The first-order valence-electron chi connectivity index (χ1n) is 10.3. The lowest BCUT2D eigenvalue weighted by atomic mass is 10.1. The van der Waals surface area contributed by atoms with Crippen molar-refractivity contribution in [2.45, 2.75) is 77.4 Å². The topological polar surface area (TPSA) is 65.0 Å². The normalized spacial score (nSPS) is 22.4. The highest BCUT2D eigenvalue weighted by atomic mass is 35.5. The largest absolute Gasteiger partial charge is 0.332 e. The van der Waals surface area contributed by atoms with Crippen LogP contribution in [0.25, 0.3) is 0 Å². The summed E-state index contributed by atoms with van der Waals surface area (Å²) in [5.41, 5.74) is 0. The molecule has 1 N–H and O–H groups in total. The Balaban J connectivity index is 1.86. The molecule has 0 aromatic rings. The summed E-state index contributed by atoms with van der Waals surface area (Å²) in [4.78, 5) is 32.5. The Morgan fingerprint density at radius 3 is 2.46 bits per heavy atom. The summed E-state index contributed by atoms with van der Waals surface area (Å²) in [6.45, 7) is 4.56. The number of fused-ring (bicyclic) bond motifs is 1. The molecule has 2 heterocycles. The zero-order valence-electron chi connectivity index (χ0n) is 17.2. The molecule has 0 aromatic heterocycles. The maximum atomic E-state index is 12.4. The van der Waals surface area contributed by atoms with E-state index in [0.717, 1.165) is 17.3 Å². The molecule has 0 radical (unpaired) electrons. The molecule has 6 nitrogen and oxygen atoms in total. The lowest BCUT2D eigenvalue weighted by Crippen LogP contribution is -2.63. The Morgan fingerprint density at radius 1 is 1.18 bits per heavy atom. The standard InChI is InChI=1S/C20H33ClN4O2S/c1-4-5-6-7-8-9-10-11-14-28-20-22-17-16(25(20)13-12-15(2)21)18(26)23-19(27)24(17)3/h12,16-17H,4-11,13-14H2,1-3H3,(H,23,26,27)/b15-12+. The number of imide groups is 1. The molecular formula is C20H33ClN4O2S. The van der Waals surface area contributed by atoms with Crippen molar-refractivity contribution in [2.75, 3.05) is 19.3 Å². The maximum Gasteiger partial charge on any atom is 0.325 e. The number of urea groups is 1. The average Bonchev–Trinajstić information content (AvgIpc) is 3.02. The van der Waals surface area contributed by atoms with Gasteiger partial charge in [0.1, 0.15) is 0 Å². The van der Waals surface area contributed by atoms with Crippen molar-refractivity contribution in [1.29, 1.82) is 0 Å². The number of amidine groups is 1. The number of halogens is 1. The maximum absolute atomic E-state index is 12.4. The van der Waals surface area contributed by atoms with Gasteiger partial charge in [-0.1, -0.05) is 81.3 Å². The average molecular weight is 429 g/mol. The number of carbonyl (C=O) groups is 2. The van der Waals surface area contributed by atoms with Crippen molar-refractivity contribution in [3.05, 3.63) is 11.1 Å². The summed E-state index contributed by atoms with van der Waals surface area (Å²) < 4.78 is 0. The van der Waals surface area contributed by atoms with Gasteiger partial charge in [0.15, 0.2) is 17.4 Å². The van der Waals surface area contributed by atoms with E-state index in [1.54, 1.807) is 18.8 Å². The molecule has 2 rings (SSSR count). The molecule has 0 aromatic carbocycles. The van der Waals surface area contributed by atoms with E-state index in [4.69, 9.17) is 16.6 Å². The van der Waals surface area contributed by atoms with Crippen LogP contribution in [0.15, 0.2) is 16.1 Å². The highest BCUT2D eigenvalue weighted by molar-refractivity contribution is 8.13. The SMILES string of the molecule is CCCCCCCCCCSC1=NC2C(C(=O)NC(=O)N2C)N1C/C=C(\C)Cl. The van der Waals surface area contributed by atoms with Gasteiger partial charge < -0.3 is 9.80 Å². The van der Waals surface area contributed by atoms with Crippen LogP contribution in [0.1, 0.15) is 65.2 Å². The second kappa shape index (κ2) is 11.7. The lowest BCUT2D eigenvalue weighted by Gasteiger charge is -2.35. The molecule has 1 saturated heterocycles. The van der Waals surface area contributed by atoms with Crippen LogP contribution in [0.5, 0.6) is 0 Å². The number of nitrogens with zero attached hydrogens (tertiary/aromatic N) is 3. The number of hydrogen-bond donors (Lipinski definition) is 1. The second-order valence-corrected chi connectivity index (χ2v) is 9.10. The smallest absolute Gasteiger partial charge is 0.325 e. The molecule has 1 fully saturated rings. The molecule has 0 bridgehead atoms. The molecule has 3 amide bonds. The summed E-state index contributed by atoms with van der Waals surface area (Å²) in [5.74, 6) is 0.673. The predicted molar refractivity (Wildman–Crippen MR) is 118 cm³/mol. The number of rotatable bonds is 11. The van der Waals surface area contributed by atoms with Crippen molar-refractivity contribution in [1.82, 2.24) is 15.1 Å². The number of unbranched alkanes of at least 4 members (excludes halogenated alkanes) is 7. The molecule has 0 saturated carbocycles. The second-order valence-electron chi connectivity index (χ2n) is 7.44. The van der Waals surface area contributed by atoms with Crippen LogP contribution < -0.4 is 5.32 Å². The third kappa shape index (κ3) is 6.41. The third-order valence-corrected chi connectivity index (χ3v) is 6.37.